The summed E-state index contributed by atoms with van der Waals surface area (Å²) in [6, 6.07) is 14.2. The molecule has 1 heterocycles. The molecule has 16 heavy (non-hydrogen) atoms. The Bertz CT molecular complexity index is 554. The number of hydrogen-bond donors (Lipinski definition) is 0. The predicted octanol–water partition coefficient (Wildman–Crippen LogP) is 2.87. The van der Waals surface area contributed by atoms with Crippen LogP contribution in [0.5, 0.6) is 0 Å². The first kappa shape index (κ1) is 9.40. The van der Waals surface area contributed by atoms with Crippen LogP contribution >= 0.6 is 0 Å². The Hall–Kier alpha value is -1.83. The number of carbonyl (C=O) groups is 1. The van der Waals surface area contributed by atoms with Crippen LogP contribution in [-0.4, -0.2) is 12.1 Å². The minimum atomic E-state index is -0.108. The van der Waals surface area contributed by atoms with Crippen molar-refractivity contribution in [2.45, 2.75) is 18.9 Å². The van der Waals surface area contributed by atoms with E-state index in [1.165, 1.54) is 5.39 Å². The molecular formula is C14H12O2. The van der Waals surface area contributed by atoms with Gasteiger partial charge in [0, 0.05) is 0 Å². The summed E-state index contributed by atoms with van der Waals surface area (Å²) in [5.41, 5.74) is 1.09. The molecule has 0 radical (unpaired) electrons. The second-order valence-corrected chi connectivity index (χ2v) is 4.19. The van der Waals surface area contributed by atoms with Crippen LogP contribution in [0, 0.1) is 0 Å². The molecule has 0 spiro atoms. The van der Waals surface area contributed by atoms with Crippen molar-refractivity contribution >= 4 is 16.7 Å². The van der Waals surface area contributed by atoms with Crippen molar-refractivity contribution in [2.75, 3.05) is 0 Å². The normalized spacial score (nSPS) is 23.9. The van der Waals surface area contributed by atoms with Crippen molar-refractivity contribution in [3.05, 3.63) is 48.0 Å². The summed E-state index contributed by atoms with van der Waals surface area (Å²) in [4.78, 5) is 11.5. The van der Waals surface area contributed by atoms with Gasteiger partial charge in [0.25, 0.3) is 0 Å². The Balaban J connectivity index is 2.20. The third-order valence-corrected chi connectivity index (χ3v) is 3.18. The summed E-state index contributed by atoms with van der Waals surface area (Å²) in [5, 5.41) is 2.32. The Labute approximate surface area is 93.8 Å². The molecule has 1 fully saturated rings. The molecular weight excluding hydrogens is 200 g/mol. The van der Waals surface area contributed by atoms with E-state index < -0.39 is 0 Å². The molecule has 1 aliphatic rings. The zero-order valence-corrected chi connectivity index (χ0v) is 9.01. The average Bonchev–Trinajstić information content (AvgIpc) is 2.29. The standard InChI is InChI=1S/C14H12O2/c1-9-13(14(15)16-9)12-8-4-6-10-5-2-3-7-11(10)12/h2-9,13H,1H3. The first-order valence-electron chi connectivity index (χ1n) is 5.45. The van der Waals surface area contributed by atoms with Gasteiger partial charge in [-0.15, -0.1) is 0 Å². The highest BCUT2D eigenvalue weighted by atomic mass is 16.6. The molecule has 2 atom stereocenters. The van der Waals surface area contributed by atoms with Crippen LogP contribution in [0.1, 0.15) is 18.4 Å². The molecule has 80 valence electrons. The SMILES string of the molecule is CC1OC(=O)C1c1cccc2ccccc12. The maximum Gasteiger partial charge on any atom is 0.317 e. The Morgan fingerprint density at radius 2 is 1.81 bits per heavy atom. The highest BCUT2D eigenvalue weighted by molar-refractivity contribution is 5.93. The first-order valence-corrected chi connectivity index (χ1v) is 5.45. The van der Waals surface area contributed by atoms with Crippen LogP contribution < -0.4 is 0 Å². The topological polar surface area (TPSA) is 26.3 Å². The van der Waals surface area contributed by atoms with Gasteiger partial charge in [0.05, 0.1) is 0 Å². The molecule has 0 bridgehead atoms. The molecule has 0 saturated carbocycles. The smallest absolute Gasteiger partial charge is 0.317 e. The lowest BCUT2D eigenvalue weighted by atomic mass is 9.86. The molecule has 1 aliphatic heterocycles. The lowest BCUT2D eigenvalue weighted by molar-refractivity contribution is -0.172. The van der Waals surface area contributed by atoms with Crippen LogP contribution in [-0.2, 0) is 9.53 Å². The fourth-order valence-electron chi connectivity index (χ4n) is 2.35. The zero-order chi connectivity index (χ0) is 11.1. The zero-order valence-electron chi connectivity index (χ0n) is 9.01. The summed E-state index contributed by atoms with van der Waals surface area (Å²) >= 11 is 0. The van der Waals surface area contributed by atoms with Gasteiger partial charge >= 0.3 is 5.97 Å². The summed E-state index contributed by atoms with van der Waals surface area (Å²) in [5.74, 6) is -0.199. The van der Waals surface area contributed by atoms with Gasteiger partial charge in [-0.2, -0.15) is 0 Å². The third kappa shape index (κ3) is 1.23. The molecule has 2 nitrogen and oxygen atoms in total. The molecule has 0 aliphatic carbocycles. The Kier molecular flexibility index (Phi) is 1.96. The molecule has 2 unspecified atom stereocenters. The van der Waals surface area contributed by atoms with Crippen molar-refractivity contribution in [3.8, 4) is 0 Å². The summed E-state index contributed by atoms with van der Waals surface area (Å²) < 4.78 is 5.02. The van der Waals surface area contributed by atoms with Gasteiger partial charge in [0.1, 0.15) is 12.0 Å². The van der Waals surface area contributed by atoms with Crippen LogP contribution in [0.2, 0.25) is 0 Å². The van der Waals surface area contributed by atoms with E-state index in [1.807, 2.05) is 31.2 Å². The van der Waals surface area contributed by atoms with Crippen LogP contribution in [0.4, 0.5) is 0 Å². The number of cyclic esters (lactones) is 1. The molecule has 3 rings (SSSR count). The average molecular weight is 212 g/mol. The lowest BCUT2D eigenvalue weighted by Crippen LogP contribution is -2.40. The van der Waals surface area contributed by atoms with E-state index in [0.29, 0.717) is 0 Å². The fraction of sp³-hybridized carbons (Fsp3) is 0.214. The highest BCUT2D eigenvalue weighted by Gasteiger charge is 2.40. The number of carbonyl (C=O) groups excluding carboxylic acids is 1. The second-order valence-electron chi connectivity index (χ2n) is 4.19. The molecule has 2 heteroatoms. The van der Waals surface area contributed by atoms with Gasteiger partial charge in [-0.05, 0) is 23.3 Å². The predicted molar refractivity (Wildman–Crippen MR) is 62.2 cm³/mol. The monoisotopic (exact) mass is 212 g/mol. The minimum Gasteiger partial charge on any atom is -0.461 e. The van der Waals surface area contributed by atoms with Gasteiger partial charge in [0.15, 0.2) is 0 Å². The number of benzene rings is 2. The summed E-state index contributed by atoms with van der Waals surface area (Å²) in [7, 11) is 0. The molecule has 0 N–H and O–H groups in total. The van der Waals surface area contributed by atoms with Gasteiger partial charge in [-0.25, -0.2) is 0 Å². The van der Waals surface area contributed by atoms with E-state index in [0.717, 1.165) is 10.9 Å². The van der Waals surface area contributed by atoms with E-state index in [4.69, 9.17) is 4.74 Å². The Morgan fingerprint density at radius 3 is 2.56 bits per heavy atom. The highest BCUT2D eigenvalue weighted by Crippen LogP contribution is 2.36. The number of hydrogen-bond acceptors (Lipinski definition) is 2. The third-order valence-electron chi connectivity index (χ3n) is 3.18. The maximum absolute atomic E-state index is 11.5. The van der Waals surface area contributed by atoms with Crippen LogP contribution in [0.15, 0.2) is 42.5 Å². The van der Waals surface area contributed by atoms with E-state index in [-0.39, 0.29) is 18.0 Å². The van der Waals surface area contributed by atoms with Gasteiger partial charge in [0.2, 0.25) is 0 Å². The number of rotatable bonds is 1. The summed E-state index contributed by atoms with van der Waals surface area (Å²) in [6.07, 6.45) is -0.00157. The number of ether oxygens (including phenoxy) is 1. The fourth-order valence-corrected chi connectivity index (χ4v) is 2.35. The lowest BCUT2D eigenvalue weighted by Gasteiger charge is -2.33. The van der Waals surface area contributed by atoms with Crippen molar-refractivity contribution in [2.24, 2.45) is 0 Å². The quantitative estimate of drug-likeness (QED) is 0.679. The molecule has 0 amide bonds. The van der Waals surface area contributed by atoms with E-state index in [1.54, 1.807) is 0 Å². The molecule has 1 saturated heterocycles. The van der Waals surface area contributed by atoms with E-state index >= 15 is 0 Å². The van der Waals surface area contributed by atoms with Gasteiger partial charge < -0.3 is 4.74 Å². The molecule has 0 aromatic heterocycles. The van der Waals surface area contributed by atoms with E-state index in [9.17, 15) is 4.79 Å². The van der Waals surface area contributed by atoms with Gasteiger partial charge in [-0.3, -0.25) is 4.79 Å². The van der Waals surface area contributed by atoms with Crippen molar-refractivity contribution in [1.29, 1.82) is 0 Å². The molecule has 2 aromatic rings. The number of esters is 1. The van der Waals surface area contributed by atoms with Crippen molar-refractivity contribution in [1.82, 2.24) is 0 Å². The van der Waals surface area contributed by atoms with Crippen molar-refractivity contribution in [3.63, 3.8) is 0 Å². The number of fused-ring (bicyclic) bond motifs is 1. The van der Waals surface area contributed by atoms with E-state index in [2.05, 4.69) is 18.2 Å². The van der Waals surface area contributed by atoms with Crippen LogP contribution in [0.25, 0.3) is 10.8 Å². The molecule has 2 aromatic carbocycles. The van der Waals surface area contributed by atoms with Gasteiger partial charge in [-0.1, -0.05) is 42.5 Å². The summed E-state index contributed by atoms with van der Waals surface area (Å²) in [6.45, 7) is 1.94. The maximum atomic E-state index is 11.5. The van der Waals surface area contributed by atoms with Crippen LogP contribution in [0.3, 0.4) is 0 Å². The minimum absolute atomic E-state index is 0.00157. The Morgan fingerprint density at radius 1 is 1.06 bits per heavy atom. The van der Waals surface area contributed by atoms with Crippen molar-refractivity contribution < 1.29 is 9.53 Å². The first-order chi connectivity index (χ1) is 7.77. The second kappa shape index (κ2) is 3.34. The largest absolute Gasteiger partial charge is 0.461 e.